The second-order valence-corrected chi connectivity index (χ2v) is 8.69. The molecule has 1 aliphatic rings. The van der Waals surface area contributed by atoms with Crippen molar-refractivity contribution in [3.05, 3.63) is 52.0 Å². The molecule has 0 aliphatic carbocycles. The van der Waals surface area contributed by atoms with E-state index >= 15 is 0 Å². The van der Waals surface area contributed by atoms with Crippen molar-refractivity contribution in [2.45, 2.75) is 31.0 Å². The van der Waals surface area contributed by atoms with E-state index in [1.54, 1.807) is 30.6 Å². The van der Waals surface area contributed by atoms with Crippen molar-refractivity contribution >= 4 is 34.7 Å². The van der Waals surface area contributed by atoms with Gasteiger partial charge in [-0.3, -0.25) is 9.89 Å². The summed E-state index contributed by atoms with van der Waals surface area (Å²) in [5, 5.41) is 15.9. The van der Waals surface area contributed by atoms with Crippen molar-refractivity contribution in [3.63, 3.8) is 0 Å². The minimum absolute atomic E-state index is 0.0980. The zero-order valence-corrected chi connectivity index (χ0v) is 19.1. The fourth-order valence-corrected chi connectivity index (χ4v) is 4.74. The topological polar surface area (TPSA) is 92.7 Å². The number of ether oxygens (including phenoxy) is 2. The molecule has 3 aromatic rings. The molecule has 1 amide bonds. The van der Waals surface area contributed by atoms with Gasteiger partial charge in [0, 0.05) is 12.8 Å². The molecule has 2 aromatic heterocycles. The summed E-state index contributed by atoms with van der Waals surface area (Å²) in [6, 6.07) is 9.51. The third-order valence-corrected chi connectivity index (χ3v) is 6.69. The number of nitrogens with one attached hydrogen (secondary N) is 1. The number of methoxy groups -OCH3 is 2. The van der Waals surface area contributed by atoms with E-state index in [-0.39, 0.29) is 17.7 Å². The molecule has 1 N–H and O–H groups in total. The normalized spacial score (nSPS) is 15.8. The van der Waals surface area contributed by atoms with Crippen molar-refractivity contribution in [2.24, 2.45) is 5.10 Å². The Bertz CT molecular complexity index is 1080. The van der Waals surface area contributed by atoms with Crippen LogP contribution in [-0.2, 0) is 11.2 Å². The molecule has 4 rings (SSSR count). The van der Waals surface area contributed by atoms with Crippen LogP contribution in [0.5, 0.6) is 11.5 Å². The number of rotatable bonds is 8. The van der Waals surface area contributed by atoms with Gasteiger partial charge in [-0.1, -0.05) is 30.8 Å². The Hall–Kier alpha value is -2.85. The number of aromatic amines is 1. The van der Waals surface area contributed by atoms with Gasteiger partial charge < -0.3 is 9.47 Å². The average molecular weight is 458 g/mol. The van der Waals surface area contributed by atoms with Crippen LogP contribution in [0.4, 0.5) is 0 Å². The Morgan fingerprint density at radius 3 is 2.81 bits per heavy atom. The van der Waals surface area contributed by atoms with Crippen LogP contribution in [0.15, 0.2) is 46.0 Å². The molecule has 1 atom stereocenters. The summed E-state index contributed by atoms with van der Waals surface area (Å²) in [6.07, 6.45) is 1.40. The number of amides is 1. The van der Waals surface area contributed by atoms with Gasteiger partial charge in [0.15, 0.2) is 11.5 Å². The Morgan fingerprint density at radius 1 is 1.29 bits per heavy atom. The molecule has 1 aliphatic heterocycles. The number of hydrogen-bond acceptors (Lipinski definition) is 8. The molecule has 0 radical (unpaired) electrons. The Kier molecular flexibility index (Phi) is 6.57. The first-order valence-electron chi connectivity index (χ1n) is 9.82. The van der Waals surface area contributed by atoms with Crippen molar-refractivity contribution in [1.29, 1.82) is 0 Å². The van der Waals surface area contributed by atoms with Gasteiger partial charge in [0.05, 0.1) is 36.6 Å². The van der Waals surface area contributed by atoms with Crippen LogP contribution < -0.4 is 9.47 Å². The predicted molar refractivity (Wildman–Crippen MR) is 121 cm³/mol. The first kappa shape index (κ1) is 21.4. The molecule has 0 spiro atoms. The molecule has 0 saturated heterocycles. The van der Waals surface area contributed by atoms with Crippen LogP contribution in [0.1, 0.15) is 35.7 Å². The second kappa shape index (κ2) is 9.52. The van der Waals surface area contributed by atoms with Crippen LogP contribution in [0.3, 0.4) is 0 Å². The summed E-state index contributed by atoms with van der Waals surface area (Å²) in [6.45, 7) is 2.00. The Labute approximate surface area is 188 Å². The third-order valence-electron chi connectivity index (χ3n) is 4.93. The number of aromatic nitrogens is 3. The molecular formula is C21H23N5O3S2. The number of carbonyl (C=O) groups is 1. The molecule has 31 heavy (non-hydrogen) atoms. The number of carbonyl (C=O) groups excluding carboxylic acids is 1. The van der Waals surface area contributed by atoms with Gasteiger partial charge in [0.25, 0.3) is 5.91 Å². The highest BCUT2D eigenvalue weighted by molar-refractivity contribution is 7.99. The number of thioether (sulfide) groups is 1. The summed E-state index contributed by atoms with van der Waals surface area (Å²) in [7, 11) is 3.20. The fourth-order valence-electron chi connectivity index (χ4n) is 3.34. The highest BCUT2D eigenvalue weighted by Crippen LogP contribution is 2.38. The standard InChI is InChI=1S/C21H23N5O3S2/c1-4-19-22-21(24-23-19)31-12-20(27)26-15(11-14(25-26)18-6-5-9-30-18)13-7-8-16(28-2)17(10-13)29-3/h5-10,15H,4,11-12H2,1-3H3,(H,22,23,24). The fraction of sp³-hybridized carbons (Fsp3) is 0.333. The van der Waals surface area contributed by atoms with E-state index < -0.39 is 0 Å². The van der Waals surface area contributed by atoms with E-state index in [1.165, 1.54) is 11.8 Å². The monoisotopic (exact) mass is 457 g/mol. The average Bonchev–Trinajstić information content (AvgIpc) is 3.56. The smallest absolute Gasteiger partial charge is 0.253 e. The van der Waals surface area contributed by atoms with Crippen molar-refractivity contribution in [1.82, 2.24) is 20.2 Å². The van der Waals surface area contributed by atoms with Crippen LogP contribution in [0, 0.1) is 0 Å². The lowest BCUT2D eigenvalue weighted by Crippen LogP contribution is -2.28. The summed E-state index contributed by atoms with van der Waals surface area (Å²) in [5.41, 5.74) is 1.84. The Morgan fingerprint density at radius 2 is 2.13 bits per heavy atom. The number of hydrogen-bond donors (Lipinski definition) is 1. The predicted octanol–water partition coefficient (Wildman–Crippen LogP) is 3.92. The molecule has 162 valence electrons. The van der Waals surface area contributed by atoms with E-state index in [0.29, 0.717) is 23.1 Å². The second-order valence-electron chi connectivity index (χ2n) is 6.80. The van der Waals surface area contributed by atoms with E-state index in [4.69, 9.17) is 14.6 Å². The number of nitrogens with zero attached hydrogens (tertiary/aromatic N) is 4. The molecule has 1 aromatic carbocycles. The highest BCUT2D eigenvalue weighted by Gasteiger charge is 2.34. The lowest BCUT2D eigenvalue weighted by atomic mass is 10.0. The van der Waals surface area contributed by atoms with Gasteiger partial charge in [-0.15, -0.1) is 16.4 Å². The summed E-state index contributed by atoms with van der Waals surface area (Å²) in [4.78, 5) is 18.6. The van der Waals surface area contributed by atoms with Crippen LogP contribution in [-0.4, -0.2) is 51.8 Å². The quantitative estimate of drug-likeness (QED) is 0.516. The minimum Gasteiger partial charge on any atom is -0.493 e. The minimum atomic E-state index is -0.219. The van der Waals surface area contributed by atoms with Gasteiger partial charge in [-0.25, -0.2) is 9.99 Å². The highest BCUT2D eigenvalue weighted by atomic mass is 32.2. The van der Waals surface area contributed by atoms with Gasteiger partial charge >= 0.3 is 0 Å². The SMILES string of the molecule is CCc1nc(SCC(=O)N2N=C(c3cccs3)CC2c2ccc(OC)c(OC)c2)n[nH]1. The number of benzene rings is 1. The summed E-state index contributed by atoms with van der Waals surface area (Å²) in [5.74, 6) is 2.18. The molecule has 3 heterocycles. The first-order chi connectivity index (χ1) is 15.1. The maximum atomic E-state index is 13.2. The molecule has 10 heteroatoms. The van der Waals surface area contributed by atoms with Crippen LogP contribution in [0.25, 0.3) is 0 Å². The first-order valence-corrected chi connectivity index (χ1v) is 11.7. The van der Waals surface area contributed by atoms with Crippen molar-refractivity contribution in [2.75, 3.05) is 20.0 Å². The molecule has 0 bridgehead atoms. The lowest BCUT2D eigenvalue weighted by molar-refractivity contribution is -0.130. The number of H-pyrrole nitrogens is 1. The number of thiophene rings is 1. The van der Waals surface area contributed by atoms with Gasteiger partial charge in [-0.2, -0.15) is 5.10 Å². The van der Waals surface area contributed by atoms with Gasteiger partial charge in [0.2, 0.25) is 5.16 Å². The van der Waals surface area contributed by atoms with Crippen molar-refractivity contribution < 1.29 is 14.3 Å². The Balaban J connectivity index is 1.58. The molecule has 1 unspecified atom stereocenters. The lowest BCUT2D eigenvalue weighted by Gasteiger charge is -2.22. The van der Waals surface area contributed by atoms with Crippen molar-refractivity contribution in [3.8, 4) is 11.5 Å². The van der Waals surface area contributed by atoms with Crippen LogP contribution >= 0.6 is 23.1 Å². The zero-order valence-electron chi connectivity index (χ0n) is 17.5. The summed E-state index contributed by atoms with van der Waals surface area (Å²) < 4.78 is 10.8. The molecule has 8 nitrogen and oxygen atoms in total. The van der Waals surface area contributed by atoms with E-state index in [9.17, 15) is 4.79 Å². The molecular weight excluding hydrogens is 434 g/mol. The van der Waals surface area contributed by atoms with Gasteiger partial charge in [-0.05, 0) is 29.1 Å². The van der Waals surface area contributed by atoms with Crippen LogP contribution in [0.2, 0.25) is 0 Å². The zero-order chi connectivity index (χ0) is 21.8. The van der Waals surface area contributed by atoms with E-state index in [1.807, 2.05) is 42.6 Å². The van der Waals surface area contributed by atoms with E-state index in [2.05, 4.69) is 15.2 Å². The number of hydrazone groups is 1. The largest absolute Gasteiger partial charge is 0.493 e. The third kappa shape index (κ3) is 4.59. The maximum absolute atomic E-state index is 13.2. The summed E-state index contributed by atoms with van der Waals surface area (Å²) >= 11 is 2.92. The number of aryl methyl sites for hydroxylation is 1. The molecule has 0 fully saturated rings. The maximum Gasteiger partial charge on any atom is 0.253 e. The molecule has 0 saturated carbocycles. The van der Waals surface area contributed by atoms with E-state index in [0.717, 1.165) is 28.4 Å². The van der Waals surface area contributed by atoms with Gasteiger partial charge in [0.1, 0.15) is 5.82 Å².